The molecule has 0 spiro atoms. The summed E-state index contributed by atoms with van der Waals surface area (Å²) in [5.41, 5.74) is 0. The topological polar surface area (TPSA) is 0 Å². The van der Waals surface area contributed by atoms with Crippen molar-refractivity contribution in [2.24, 2.45) is 0 Å². The lowest BCUT2D eigenvalue weighted by atomic mass is 10.6. The summed E-state index contributed by atoms with van der Waals surface area (Å²) in [6.07, 6.45) is 0.402. The summed E-state index contributed by atoms with van der Waals surface area (Å²) in [7, 11) is 14.8. The highest BCUT2D eigenvalue weighted by Gasteiger charge is 2.17. The van der Waals surface area contributed by atoms with E-state index in [1.54, 1.807) is 0 Å². The predicted octanol–water partition coefficient (Wildman–Crippen LogP) is 4.67. The summed E-state index contributed by atoms with van der Waals surface area (Å²) in [6, 6.07) is 0. The van der Waals surface area contributed by atoms with Crippen molar-refractivity contribution in [1.82, 2.24) is 0 Å². The molecule has 0 radical (unpaired) electrons. The van der Waals surface area contributed by atoms with Gasteiger partial charge >= 0.3 is 11.4 Å². The number of halogens is 7. The van der Waals surface area contributed by atoms with Crippen LogP contribution in [0.1, 0.15) is 6.42 Å². The van der Waals surface area contributed by atoms with E-state index in [2.05, 4.69) is 0 Å². The molecule has 0 aliphatic rings. The fraction of sp³-hybridized carbons (Fsp3) is 1.00. The standard InChI is InChI=1S/C3H4Cl4.Al.3ClH/c4-2-1-3(5,6)7;;;;/h1-2H2;;3*1H/q;+3;;;/p-3. The van der Waals surface area contributed by atoms with Gasteiger partial charge in [0.2, 0.25) is 0 Å². The molecule has 11 heavy (non-hydrogen) atoms. The maximum atomic E-state index is 5.28. The minimum atomic E-state index is -1.72. The first-order valence-corrected chi connectivity index (χ1v) is 9.25. The molecule has 0 nitrogen and oxygen atoms in total. The molecule has 0 N–H and O–H groups in total. The number of rotatable bonds is 1. The van der Waals surface area contributed by atoms with Crippen LogP contribution in [0.4, 0.5) is 0 Å². The first kappa shape index (κ1) is 16.0. The van der Waals surface area contributed by atoms with E-state index in [1.807, 2.05) is 0 Å². The van der Waals surface area contributed by atoms with Gasteiger partial charge in [0.1, 0.15) is 0 Å². The van der Waals surface area contributed by atoms with Gasteiger partial charge in [-0.2, -0.15) is 0 Å². The summed E-state index contributed by atoms with van der Waals surface area (Å²) in [5.74, 6) is 0.385. The van der Waals surface area contributed by atoms with Crippen LogP contribution in [0, 0.1) is 0 Å². The molecule has 68 valence electrons. The molecule has 0 unspecified atom stereocenters. The normalized spacial score (nSPS) is 10.1. The van der Waals surface area contributed by atoms with Gasteiger partial charge in [-0.05, 0) is 0 Å². The van der Waals surface area contributed by atoms with E-state index in [0.717, 1.165) is 0 Å². The van der Waals surface area contributed by atoms with Crippen molar-refractivity contribution < 1.29 is 0 Å². The highest BCUT2D eigenvalue weighted by Crippen LogP contribution is 2.29. The van der Waals surface area contributed by atoms with Crippen LogP contribution in [-0.4, -0.2) is 21.1 Å². The van der Waals surface area contributed by atoms with Crippen molar-refractivity contribution in [3.05, 3.63) is 0 Å². The average Bonchev–Trinajstić information content (AvgIpc) is 1.58. The number of hydrogen-bond donors (Lipinski definition) is 0. The van der Waals surface area contributed by atoms with Crippen molar-refractivity contribution in [2.45, 2.75) is 10.2 Å². The molecule has 0 aromatic carbocycles. The van der Waals surface area contributed by atoms with Crippen molar-refractivity contribution in [3.8, 4) is 0 Å². The highest BCUT2D eigenvalue weighted by atomic mass is 35.8. The summed E-state index contributed by atoms with van der Waals surface area (Å²) in [6.45, 7) is 0. The van der Waals surface area contributed by atoms with Gasteiger partial charge in [-0.1, -0.05) is 34.8 Å². The van der Waals surface area contributed by atoms with E-state index in [4.69, 9.17) is 76.6 Å². The lowest BCUT2D eigenvalue weighted by molar-refractivity contribution is 0.983. The van der Waals surface area contributed by atoms with Gasteiger partial charge in [0.25, 0.3) is 0 Å². The van der Waals surface area contributed by atoms with E-state index in [-0.39, 0.29) is 0 Å². The maximum absolute atomic E-state index is 5.28. The van der Waals surface area contributed by atoms with Crippen LogP contribution in [0.15, 0.2) is 0 Å². The maximum Gasteiger partial charge on any atom is 0.643 e. The summed E-state index contributed by atoms with van der Waals surface area (Å²) >= 11 is 19.3. The Hall–Kier alpha value is 2.56. The molecule has 0 fully saturated rings. The highest BCUT2D eigenvalue weighted by molar-refractivity contribution is 7.54. The van der Waals surface area contributed by atoms with Crippen LogP contribution in [0.5, 0.6) is 0 Å². The van der Waals surface area contributed by atoms with E-state index < -0.39 is 15.2 Å². The van der Waals surface area contributed by atoms with Gasteiger partial charge in [-0.25, -0.2) is 30.1 Å². The van der Waals surface area contributed by atoms with Crippen LogP contribution >= 0.6 is 76.6 Å². The molecule has 8 heteroatoms. The van der Waals surface area contributed by atoms with Crippen LogP contribution < -0.4 is 0 Å². The molecule has 0 bridgehead atoms. The van der Waals surface area contributed by atoms with Gasteiger partial charge in [-0.15, -0.1) is 11.6 Å². The third-order valence-corrected chi connectivity index (χ3v) is 1.13. The quantitative estimate of drug-likeness (QED) is 0.487. The smallest absolute Gasteiger partial charge is 0.214 e. The summed E-state index contributed by atoms with van der Waals surface area (Å²) in [5, 5.41) is 0. The Balaban J connectivity index is 0. The van der Waals surface area contributed by atoms with E-state index in [1.165, 1.54) is 0 Å². The molecule has 0 atom stereocenters. The van der Waals surface area contributed by atoms with Gasteiger partial charge in [0, 0.05) is 12.3 Å². The van der Waals surface area contributed by atoms with Crippen LogP contribution in [-0.2, 0) is 0 Å². The monoisotopic (exact) mass is 312 g/mol. The van der Waals surface area contributed by atoms with E-state index in [9.17, 15) is 0 Å². The Kier molecular flexibility index (Phi) is 13.3. The molecule has 0 saturated heterocycles. The molecule has 0 aliphatic heterocycles. The molecule has 0 heterocycles. The van der Waals surface area contributed by atoms with Crippen molar-refractivity contribution in [1.29, 1.82) is 0 Å². The van der Waals surface area contributed by atoms with E-state index in [0.29, 0.717) is 12.3 Å². The van der Waals surface area contributed by atoms with Crippen molar-refractivity contribution >= 4 is 87.9 Å². The van der Waals surface area contributed by atoms with Gasteiger partial charge < -0.3 is 0 Å². The van der Waals surface area contributed by atoms with E-state index >= 15 is 0 Å². The molecule has 0 saturated carbocycles. The first-order chi connectivity index (χ1) is 4.79. The van der Waals surface area contributed by atoms with Crippen LogP contribution in [0.3, 0.4) is 0 Å². The molecular weight excluding hydrogens is 311 g/mol. The average molecular weight is 315 g/mol. The lowest BCUT2D eigenvalue weighted by Gasteiger charge is -2.04. The fourth-order valence-corrected chi connectivity index (χ4v) is 0.964. The number of alkyl halides is 4. The van der Waals surface area contributed by atoms with Gasteiger partial charge in [0.15, 0.2) is 3.79 Å². The largest absolute Gasteiger partial charge is 0.643 e. The molecule has 0 rings (SSSR count). The first-order valence-electron chi connectivity index (χ1n) is 2.34. The molecule has 0 aromatic rings. The second-order valence-corrected chi connectivity index (χ2v) is 10.6. The molecular formula is C3H4AlCl7. The zero-order chi connectivity index (χ0) is 9.49. The predicted molar refractivity (Wildman–Crippen MR) is 58.9 cm³/mol. The fourth-order valence-electron chi connectivity index (χ4n) is 0.107. The number of hydrogen-bond acceptors (Lipinski definition) is 0. The Morgan fingerprint density at radius 1 is 1.00 bits per heavy atom. The van der Waals surface area contributed by atoms with Crippen molar-refractivity contribution in [3.63, 3.8) is 0 Å². The second kappa shape index (κ2) is 9.13. The van der Waals surface area contributed by atoms with Crippen LogP contribution in [0.2, 0.25) is 0 Å². The van der Waals surface area contributed by atoms with Crippen molar-refractivity contribution in [2.75, 3.05) is 5.88 Å². The second-order valence-electron chi connectivity index (χ2n) is 1.30. The molecule has 0 aliphatic carbocycles. The third kappa shape index (κ3) is 32.5. The van der Waals surface area contributed by atoms with Gasteiger partial charge in [0.05, 0.1) is 0 Å². The van der Waals surface area contributed by atoms with Crippen LogP contribution in [0.25, 0.3) is 0 Å². The zero-order valence-electron chi connectivity index (χ0n) is 5.14. The summed E-state index contributed by atoms with van der Waals surface area (Å²) < 4.78 is -1.16. The Morgan fingerprint density at radius 3 is 1.27 bits per heavy atom. The Morgan fingerprint density at radius 2 is 1.27 bits per heavy atom. The van der Waals surface area contributed by atoms with Gasteiger partial charge in [-0.3, -0.25) is 0 Å². The Bertz CT molecular complexity index is 75.5. The lowest BCUT2D eigenvalue weighted by Crippen LogP contribution is -2.01. The molecule has 0 aromatic heterocycles. The minimum absolute atomic E-state index is 0.385. The Labute approximate surface area is 103 Å². The minimum Gasteiger partial charge on any atom is -0.214 e. The summed E-state index contributed by atoms with van der Waals surface area (Å²) in [4.78, 5) is 0. The third-order valence-electron chi connectivity index (χ3n) is 0.378. The zero-order valence-corrected chi connectivity index (χ0v) is 11.6. The SMILES string of the molecule is ClCCC(Cl)(Cl)Cl.[Cl][Al]([Cl])[Cl]. The molecule has 0 amide bonds.